The van der Waals surface area contributed by atoms with Gasteiger partial charge in [0.1, 0.15) is 12.2 Å². The molecule has 0 saturated carbocycles. The molecule has 0 radical (unpaired) electrons. The summed E-state index contributed by atoms with van der Waals surface area (Å²) >= 11 is 1.35. The third-order valence-corrected chi connectivity index (χ3v) is 4.53. The van der Waals surface area contributed by atoms with Crippen LogP contribution in [0.15, 0.2) is 65.6 Å². The van der Waals surface area contributed by atoms with Gasteiger partial charge in [0.25, 0.3) is 0 Å². The van der Waals surface area contributed by atoms with E-state index in [2.05, 4.69) is 0 Å². The summed E-state index contributed by atoms with van der Waals surface area (Å²) in [5.41, 5.74) is 1.15. The van der Waals surface area contributed by atoms with E-state index in [0.29, 0.717) is 19.8 Å². The fourth-order valence-corrected chi connectivity index (χ4v) is 3.31. The summed E-state index contributed by atoms with van der Waals surface area (Å²) in [4.78, 5) is 1.07. The Bertz CT molecular complexity index is 577. The molecule has 5 heteroatoms. The van der Waals surface area contributed by atoms with E-state index in [4.69, 9.17) is 18.4 Å². The van der Waals surface area contributed by atoms with Crippen LogP contribution in [0.2, 0.25) is 0 Å². The number of benzene rings is 2. The summed E-state index contributed by atoms with van der Waals surface area (Å²) in [5, 5.41) is 0. The van der Waals surface area contributed by atoms with E-state index in [0.717, 1.165) is 10.5 Å². The molecule has 0 spiro atoms. The molecule has 0 amide bonds. The minimum absolute atomic E-state index is 0.143. The second kappa shape index (κ2) is 8.83. The standard InChI is InChI=1S/C20H24O4S/c1-20(2)23-18(14-21-13-16-9-5-3-6-10-16)19(24-20)15-22-25-17-11-7-4-8-12-17/h3-12,18-19H,13-15H2,1-2H3/t18-,19-/m0/s1. The zero-order valence-electron chi connectivity index (χ0n) is 14.6. The molecule has 0 unspecified atom stereocenters. The highest BCUT2D eigenvalue weighted by atomic mass is 32.2. The Labute approximate surface area is 153 Å². The molecule has 0 bridgehead atoms. The first-order valence-corrected chi connectivity index (χ1v) is 9.18. The lowest BCUT2D eigenvalue weighted by atomic mass is 10.2. The lowest BCUT2D eigenvalue weighted by Crippen LogP contribution is -2.31. The van der Waals surface area contributed by atoms with Crippen LogP contribution in [0.5, 0.6) is 0 Å². The van der Waals surface area contributed by atoms with Crippen LogP contribution in [0, 0.1) is 0 Å². The van der Waals surface area contributed by atoms with Gasteiger partial charge in [-0.2, -0.15) is 0 Å². The van der Waals surface area contributed by atoms with E-state index in [1.807, 2.05) is 74.5 Å². The third-order valence-electron chi connectivity index (χ3n) is 3.81. The topological polar surface area (TPSA) is 36.9 Å². The highest BCUT2D eigenvalue weighted by Crippen LogP contribution is 2.30. The van der Waals surface area contributed by atoms with Crippen LogP contribution in [0.4, 0.5) is 0 Å². The zero-order valence-corrected chi connectivity index (χ0v) is 15.4. The SMILES string of the molecule is CC1(C)O[C@@H](COCc2ccccc2)[C@H](COSc2ccccc2)O1. The maximum atomic E-state index is 5.97. The number of ether oxygens (including phenoxy) is 3. The van der Waals surface area contributed by atoms with Gasteiger partial charge in [0.05, 0.1) is 19.8 Å². The molecule has 1 fully saturated rings. The van der Waals surface area contributed by atoms with E-state index < -0.39 is 5.79 Å². The summed E-state index contributed by atoms with van der Waals surface area (Å²) in [6.45, 7) is 5.32. The summed E-state index contributed by atoms with van der Waals surface area (Å²) in [7, 11) is 0. The van der Waals surface area contributed by atoms with E-state index in [1.165, 1.54) is 12.0 Å². The molecule has 1 saturated heterocycles. The van der Waals surface area contributed by atoms with Crippen LogP contribution in [0.25, 0.3) is 0 Å². The van der Waals surface area contributed by atoms with Gasteiger partial charge in [-0.1, -0.05) is 48.5 Å². The molecule has 1 heterocycles. The van der Waals surface area contributed by atoms with Crippen molar-refractivity contribution in [2.45, 2.75) is 43.3 Å². The van der Waals surface area contributed by atoms with Gasteiger partial charge in [-0.25, -0.2) is 0 Å². The molecule has 2 aromatic carbocycles. The van der Waals surface area contributed by atoms with Gasteiger partial charge < -0.3 is 18.4 Å². The Balaban J connectivity index is 1.46. The van der Waals surface area contributed by atoms with Gasteiger partial charge in [0, 0.05) is 16.9 Å². The molecule has 2 atom stereocenters. The Morgan fingerprint density at radius 2 is 1.48 bits per heavy atom. The van der Waals surface area contributed by atoms with Gasteiger partial charge in [-0.15, -0.1) is 0 Å². The van der Waals surface area contributed by atoms with Crippen molar-refractivity contribution < 1.29 is 18.4 Å². The monoisotopic (exact) mass is 360 g/mol. The van der Waals surface area contributed by atoms with Crippen molar-refractivity contribution in [1.82, 2.24) is 0 Å². The molecule has 0 aromatic heterocycles. The first kappa shape index (κ1) is 18.4. The van der Waals surface area contributed by atoms with Crippen molar-refractivity contribution in [2.75, 3.05) is 13.2 Å². The van der Waals surface area contributed by atoms with E-state index in [-0.39, 0.29) is 12.2 Å². The van der Waals surface area contributed by atoms with Gasteiger partial charge in [0.2, 0.25) is 0 Å². The van der Waals surface area contributed by atoms with Crippen molar-refractivity contribution in [3.05, 3.63) is 66.2 Å². The van der Waals surface area contributed by atoms with Gasteiger partial charge >= 0.3 is 0 Å². The maximum Gasteiger partial charge on any atom is 0.163 e. The molecular formula is C20H24O4S. The Kier molecular flexibility index (Phi) is 6.51. The molecule has 0 aliphatic carbocycles. The average Bonchev–Trinajstić information content (AvgIpc) is 2.91. The minimum Gasteiger partial charge on any atom is -0.374 e. The molecule has 134 valence electrons. The minimum atomic E-state index is -0.619. The molecule has 25 heavy (non-hydrogen) atoms. The van der Waals surface area contributed by atoms with Crippen LogP contribution in [-0.2, 0) is 25.0 Å². The Morgan fingerprint density at radius 1 is 0.880 bits per heavy atom. The number of hydrogen-bond acceptors (Lipinski definition) is 5. The second-order valence-electron chi connectivity index (χ2n) is 6.39. The molecular weight excluding hydrogens is 336 g/mol. The molecule has 1 aliphatic heterocycles. The lowest BCUT2D eigenvalue weighted by Gasteiger charge is -2.16. The average molecular weight is 360 g/mol. The fourth-order valence-electron chi connectivity index (χ4n) is 2.70. The maximum absolute atomic E-state index is 5.97. The third kappa shape index (κ3) is 5.83. The van der Waals surface area contributed by atoms with E-state index in [9.17, 15) is 0 Å². The molecule has 4 nitrogen and oxygen atoms in total. The molecule has 0 N–H and O–H groups in total. The normalized spacial score (nSPS) is 22.2. The Morgan fingerprint density at radius 3 is 2.16 bits per heavy atom. The quantitative estimate of drug-likeness (QED) is 0.650. The summed E-state index contributed by atoms with van der Waals surface area (Å²) < 4.78 is 23.5. The second-order valence-corrected chi connectivity index (χ2v) is 7.27. The zero-order chi connectivity index (χ0) is 17.5. The van der Waals surface area contributed by atoms with Crippen LogP contribution in [0.1, 0.15) is 19.4 Å². The fraction of sp³-hybridized carbons (Fsp3) is 0.400. The number of rotatable bonds is 8. The molecule has 3 rings (SSSR count). The summed E-state index contributed by atoms with van der Waals surface area (Å²) in [5.74, 6) is -0.619. The van der Waals surface area contributed by atoms with Gasteiger partial charge in [-0.05, 0) is 31.5 Å². The Hall–Kier alpha value is -1.37. The predicted molar refractivity (Wildman–Crippen MR) is 98.2 cm³/mol. The van der Waals surface area contributed by atoms with Gasteiger partial charge in [-0.3, -0.25) is 0 Å². The van der Waals surface area contributed by atoms with Crippen molar-refractivity contribution in [1.29, 1.82) is 0 Å². The first-order chi connectivity index (χ1) is 12.1. The van der Waals surface area contributed by atoms with E-state index >= 15 is 0 Å². The largest absolute Gasteiger partial charge is 0.374 e. The smallest absolute Gasteiger partial charge is 0.163 e. The molecule has 1 aliphatic rings. The van der Waals surface area contributed by atoms with Crippen molar-refractivity contribution in [3.63, 3.8) is 0 Å². The lowest BCUT2D eigenvalue weighted by molar-refractivity contribution is -0.152. The van der Waals surface area contributed by atoms with Crippen LogP contribution in [-0.4, -0.2) is 31.2 Å². The van der Waals surface area contributed by atoms with Crippen molar-refractivity contribution in [3.8, 4) is 0 Å². The van der Waals surface area contributed by atoms with Crippen molar-refractivity contribution >= 4 is 12.0 Å². The first-order valence-electron chi connectivity index (χ1n) is 8.44. The van der Waals surface area contributed by atoms with Crippen LogP contribution in [0.3, 0.4) is 0 Å². The highest BCUT2D eigenvalue weighted by molar-refractivity contribution is 7.94. The van der Waals surface area contributed by atoms with Crippen LogP contribution >= 0.6 is 12.0 Å². The van der Waals surface area contributed by atoms with Crippen LogP contribution < -0.4 is 0 Å². The van der Waals surface area contributed by atoms with E-state index in [1.54, 1.807) is 0 Å². The predicted octanol–water partition coefficient (Wildman–Crippen LogP) is 4.45. The summed E-state index contributed by atoms with van der Waals surface area (Å²) in [6, 6.07) is 20.1. The highest BCUT2D eigenvalue weighted by Gasteiger charge is 2.41. The number of hydrogen-bond donors (Lipinski definition) is 0. The summed E-state index contributed by atoms with van der Waals surface area (Å²) in [6.07, 6.45) is -0.294. The molecule has 2 aromatic rings. The van der Waals surface area contributed by atoms with Crippen molar-refractivity contribution in [2.24, 2.45) is 0 Å². The van der Waals surface area contributed by atoms with Gasteiger partial charge in [0.15, 0.2) is 5.79 Å².